The second-order valence-electron chi connectivity index (χ2n) is 3.02. The molecule has 0 spiro atoms. The van der Waals surface area contributed by atoms with Gasteiger partial charge in [-0.05, 0) is 25.9 Å². The first-order valence-electron chi connectivity index (χ1n) is 3.82. The molecule has 2 atom stereocenters. The molecular weight excluding hydrogens is 140 g/mol. The Hall–Kier alpha value is -0.880. The summed E-state index contributed by atoms with van der Waals surface area (Å²) in [6.07, 6.45) is 2.44. The van der Waals surface area contributed by atoms with Gasteiger partial charge in [0, 0.05) is 6.42 Å². The molecule has 0 aromatic carbocycles. The maximum atomic E-state index is 10.6. The van der Waals surface area contributed by atoms with Gasteiger partial charge in [-0.15, -0.1) is 0 Å². The average molecular weight is 152 g/mol. The normalized spacial score (nSPS) is 31.6. The van der Waals surface area contributed by atoms with E-state index in [0.29, 0.717) is 6.42 Å². The van der Waals surface area contributed by atoms with Crippen LogP contribution in [-0.4, -0.2) is 30.8 Å². The molecule has 1 rings (SSSR count). The van der Waals surface area contributed by atoms with Gasteiger partial charge in [0.25, 0.3) is 0 Å². The van der Waals surface area contributed by atoms with E-state index in [1.807, 2.05) is 11.9 Å². The predicted molar refractivity (Wildman–Crippen MR) is 40.8 cm³/mol. The third-order valence-corrected chi connectivity index (χ3v) is 2.34. The zero-order chi connectivity index (χ0) is 8.27. The van der Waals surface area contributed by atoms with Gasteiger partial charge in [0.1, 0.15) is 6.29 Å². The summed E-state index contributed by atoms with van der Waals surface area (Å²) in [7, 11) is 1.93. The molecule has 0 amide bonds. The first-order chi connectivity index (χ1) is 5.29. The topological polar surface area (TPSA) is 44.1 Å². The minimum atomic E-state index is -0.0188. The van der Waals surface area contributed by atoms with Crippen molar-refractivity contribution >= 4 is 6.29 Å². The van der Waals surface area contributed by atoms with Gasteiger partial charge in [-0.2, -0.15) is 5.26 Å². The smallest absolute Gasteiger partial charge is 0.137 e. The molecule has 0 saturated carbocycles. The highest BCUT2D eigenvalue weighted by Gasteiger charge is 2.30. The van der Waals surface area contributed by atoms with Gasteiger partial charge in [-0.3, -0.25) is 4.90 Å². The predicted octanol–water partition coefficient (Wildman–Crippen LogP) is 0.419. The van der Waals surface area contributed by atoms with E-state index in [9.17, 15) is 4.79 Å². The van der Waals surface area contributed by atoms with Crippen molar-refractivity contribution in [3.63, 3.8) is 0 Å². The zero-order valence-corrected chi connectivity index (χ0v) is 6.66. The van der Waals surface area contributed by atoms with Gasteiger partial charge in [-0.1, -0.05) is 0 Å². The van der Waals surface area contributed by atoms with E-state index in [1.54, 1.807) is 0 Å². The molecule has 2 unspecified atom stereocenters. The van der Waals surface area contributed by atoms with Crippen molar-refractivity contribution < 1.29 is 4.79 Å². The van der Waals surface area contributed by atoms with Crippen molar-refractivity contribution in [1.29, 1.82) is 5.26 Å². The van der Waals surface area contributed by atoms with E-state index in [4.69, 9.17) is 5.26 Å². The van der Waals surface area contributed by atoms with Crippen molar-refractivity contribution in [2.24, 2.45) is 5.92 Å². The fraction of sp³-hybridized carbons (Fsp3) is 0.750. The van der Waals surface area contributed by atoms with E-state index >= 15 is 0 Å². The molecule has 1 heterocycles. The summed E-state index contributed by atoms with van der Waals surface area (Å²) in [5.74, 6) is 0.266. The molecule has 1 aliphatic heterocycles. The van der Waals surface area contributed by atoms with Gasteiger partial charge >= 0.3 is 0 Å². The summed E-state index contributed by atoms with van der Waals surface area (Å²) in [4.78, 5) is 12.6. The number of carbonyl (C=O) groups is 1. The highest BCUT2D eigenvalue weighted by Crippen LogP contribution is 2.23. The van der Waals surface area contributed by atoms with Crippen molar-refractivity contribution in [1.82, 2.24) is 4.90 Å². The van der Waals surface area contributed by atoms with Crippen LogP contribution in [0.4, 0.5) is 0 Å². The fourth-order valence-corrected chi connectivity index (χ4v) is 1.60. The summed E-state index contributed by atoms with van der Waals surface area (Å²) in [5.41, 5.74) is 0. The third kappa shape index (κ3) is 1.58. The monoisotopic (exact) mass is 152 g/mol. The number of nitrogens with zero attached hydrogens (tertiary/aromatic N) is 2. The van der Waals surface area contributed by atoms with E-state index in [1.165, 1.54) is 0 Å². The molecule has 3 nitrogen and oxygen atoms in total. The Labute approximate surface area is 66.6 Å². The van der Waals surface area contributed by atoms with Crippen molar-refractivity contribution in [2.45, 2.75) is 18.9 Å². The maximum absolute atomic E-state index is 10.6. The lowest BCUT2D eigenvalue weighted by atomic mass is 9.99. The van der Waals surface area contributed by atoms with E-state index in [-0.39, 0.29) is 12.0 Å². The molecule has 0 aromatic rings. The molecule has 0 bridgehead atoms. The van der Waals surface area contributed by atoms with Crippen LogP contribution in [0.1, 0.15) is 12.8 Å². The van der Waals surface area contributed by atoms with Crippen molar-refractivity contribution in [3.05, 3.63) is 0 Å². The Kier molecular flexibility index (Phi) is 2.61. The first-order valence-corrected chi connectivity index (χ1v) is 3.82. The highest BCUT2D eigenvalue weighted by molar-refractivity contribution is 5.58. The van der Waals surface area contributed by atoms with Crippen LogP contribution in [-0.2, 0) is 4.79 Å². The van der Waals surface area contributed by atoms with Crippen LogP contribution < -0.4 is 0 Å². The highest BCUT2D eigenvalue weighted by atomic mass is 16.1. The van der Waals surface area contributed by atoms with E-state index in [2.05, 4.69) is 6.07 Å². The Morgan fingerprint density at radius 2 is 2.55 bits per heavy atom. The zero-order valence-electron chi connectivity index (χ0n) is 6.66. The lowest BCUT2D eigenvalue weighted by molar-refractivity contribution is -0.112. The first kappa shape index (κ1) is 8.22. The molecule has 1 saturated heterocycles. The van der Waals surface area contributed by atoms with Crippen molar-refractivity contribution in [3.8, 4) is 6.07 Å². The van der Waals surface area contributed by atoms with Crippen LogP contribution in [0.2, 0.25) is 0 Å². The Morgan fingerprint density at radius 3 is 3.09 bits per heavy atom. The van der Waals surface area contributed by atoms with Crippen LogP contribution in [0.5, 0.6) is 0 Å². The average Bonchev–Trinajstić information content (AvgIpc) is 2.33. The molecule has 0 radical (unpaired) electrons. The number of carbonyl (C=O) groups excluding carboxylic acids is 1. The van der Waals surface area contributed by atoms with Crippen molar-refractivity contribution in [2.75, 3.05) is 13.6 Å². The molecule has 11 heavy (non-hydrogen) atoms. The molecule has 60 valence electrons. The molecule has 3 heteroatoms. The molecule has 1 fully saturated rings. The van der Waals surface area contributed by atoms with Crippen LogP contribution in [0.25, 0.3) is 0 Å². The van der Waals surface area contributed by atoms with Gasteiger partial charge in [0.2, 0.25) is 0 Å². The molecule has 1 aliphatic rings. The summed E-state index contributed by atoms with van der Waals surface area (Å²) in [6, 6.07) is 2.09. The molecular formula is C8H12N2O. The Bertz CT molecular complexity index is 185. The number of aldehydes is 1. The summed E-state index contributed by atoms with van der Waals surface area (Å²) in [6.45, 7) is 0.940. The minimum absolute atomic E-state index is 0.0188. The lowest BCUT2D eigenvalue weighted by Crippen LogP contribution is -2.30. The summed E-state index contributed by atoms with van der Waals surface area (Å²) < 4.78 is 0. The van der Waals surface area contributed by atoms with Gasteiger partial charge in [0.05, 0.1) is 12.1 Å². The van der Waals surface area contributed by atoms with Gasteiger partial charge in [0.15, 0.2) is 0 Å². The lowest BCUT2D eigenvalue weighted by Gasteiger charge is -2.16. The second-order valence-corrected chi connectivity index (χ2v) is 3.02. The standard InChI is InChI=1S/C8H12N2O/c1-10-5-3-7(2-4-9)8(10)6-11/h6-8H,2-3,5H2,1H3. The molecule has 0 aromatic heterocycles. The number of likely N-dealkylation sites (N-methyl/N-ethyl adjacent to an activating group) is 1. The third-order valence-electron chi connectivity index (χ3n) is 2.34. The molecule has 0 aliphatic carbocycles. The van der Waals surface area contributed by atoms with Gasteiger partial charge < -0.3 is 4.79 Å². The summed E-state index contributed by atoms with van der Waals surface area (Å²) in [5, 5.41) is 8.44. The fourth-order valence-electron chi connectivity index (χ4n) is 1.60. The number of hydrogen-bond acceptors (Lipinski definition) is 3. The number of likely N-dealkylation sites (tertiary alicyclic amines) is 1. The van der Waals surface area contributed by atoms with Crippen LogP contribution in [0.15, 0.2) is 0 Å². The van der Waals surface area contributed by atoms with E-state index < -0.39 is 0 Å². The van der Waals surface area contributed by atoms with Crippen LogP contribution in [0, 0.1) is 17.2 Å². The maximum Gasteiger partial charge on any atom is 0.137 e. The largest absolute Gasteiger partial charge is 0.302 e. The Balaban J connectivity index is 2.55. The van der Waals surface area contributed by atoms with Crippen LogP contribution >= 0.6 is 0 Å². The SMILES string of the molecule is CN1CCC(CC#N)C1C=O. The molecule has 0 N–H and O–H groups in total. The van der Waals surface area contributed by atoms with Crippen LogP contribution in [0.3, 0.4) is 0 Å². The number of nitriles is 1. The Morgan fingerprint density at radius 1 is 1.82 bits per heavy atom. The van der Waals surface area contributed by atoms with Gasteiger partial charge in [-0.25, -0.2) is 0 Å². The quantitative estimate of drug-likeness (QED) is 0.538. The minimum Gasteiger partial charge on any atom is -0.302 e. The van der Waals surface area contributed by atoms with E-state index in [0.717, 1.165) is 19.3 Å². The number of rotatable bonds is 2. The number of hydrogen-bond donors (Lipinski definition) is 0. The summed E-state index contributed by atoms with van der Waals surface area (Å²) >= 11 is 0. The second kappa shape index (κ2) is 3.49.